The molecule has 0 N–H and O–H groups in total. The lowest BCUT2D eigenvalue weighted by molar-refractivity contribution is -0.145. The molecule has 1 amide bonds. The molecule has 4 heteroatoms. The Morgan fingerprint density at radius 2 is 1.90 bits per heavy atom. The van der Waals surface area contributed by atoms with E-state index in [0.29, 0.717) is 43.9 Å². The number of carbonyl (C=O) groups is 2. The first-order chi connectivity index (χ1) is 9.95. The molecule has 2 unspecified atom stereocenters. The molecule has 0 aromatic carbocycles. The van der Waals surface area contributed by atoms with Crippen molar-refractivity contribution in [2.24, 2.45) is 11.8 Å². The third kappa shape index (κ3) is 6.06. The van der Waals surface area contributed by atoms with Crippen LogP contribution in [0, 0.1) is 11.8 Å². The summed E-state index contributed by atoms with van der Waals surface area (Å²) < 4.78 is 4.99. The zero-order chi connectivity index (χ0) is 15.8. The molecule has 4 nitrogen and oxygen atoms in total. The molecular weight excluding hydrogens is 266 g/mol. The SMILES string of the molecule is CCOC(=O)CCN(C(=O)CC(C)C)C1CCCCC1C. The fourth-order valence-electron chi connectivity index (χ4n) is 3.15. The number of hydrogen-bond donors (Lipinski definition) is 0. The van der Waals surface area contributed by atoms with Gasteiger partial charge in [-0.1, -0.05) is 33.6 Å². The van der Waals surface area contributed by atoms with Gasteiger partial charge in [-0.05, 0) is 31.6 Å². The van der Waals surface area contributed by atoms with Crippen LogP contribution in [0.5, 0.6) is 0 Å². The van der Waals surface area contributed by atoms with E-state index in [1.807, 2.05) is 11.8 Å². The van der Waals surface area contributed by atoms with E-state index in [1.165, 1.54) is 19.3 Å². The third-order valence-electron chi connectivity index (χ3n) is 4.23. The molecule has 0 saturated heterocycles. The average Bonchev–Trinajstić information content (AvgIpc) is 2.40. The second-order valence-electron chi connectivity index (χ2n) is 6.57. The summed E-state index contributed by atoms with van der Waals surface area (Å²) in [6.45, 7) is 9.06. The summed E-state index contributed by atoms with van der Waals surface area (Å²) in [6, 6.07) is 0.291. The molecule has 21 heavy (non-hydrogen) atoms. The van der Waals surface area contributed by atoms with E-state index in [4.69, 9.17) is 4.74 Å². The van der Waals surface area contributed by atoms with Gasteiger partial charge in [0.1, 0.15) is 0 Å². The summed E-state index contributed by atoms with van der Waals surface area (Å²) in [6.07, 6.45) is 5.54. The molecule has 0 bridgehead atoms. The molecule has 1 aliphatic rings. The van der Waals surface area contributed by atoms with E-state index in [9.17, 15) is 9.59 Å². The van der Waals surface area contributed by atoms with Gasteiger partial charge in [0.05, 0.1) is 13.0 Å². The van der Waals surface area contributed by atoms with E-state index in [2.05, 4.69) is 20.8 Å². The lowest BCUT2D eigenvalue weighted by Crippen LogP contribution is -2.46. The van der Waals surface area contributed by atoms with Crippen LogP contribution in [-0.2, 0) is 14.3 Å². The molecule has 122 valence electrons. The maximum Gasteiger partial charge on any atom is 0.307 e. The van der Waals surface area contributed by atoms with Crippen molar-refractivity contribution in [2.75, 3.05) is 13.2 Å². The van der Waals surface area contributed by atoms with Gasteiger partial charge in [-0.2, -0.15) is 0 Å². The number of hydrogen-bond acceptors (Lipinski definition) is 3. The van der Waals surface area contributed by atoms with Gasteiger partial charge in [-0.3, -0.25) is 9.59 Å². The number of amides is 1. The molecule has 0 aliphatic heterocycles. The van der Waals surface area contributed by atoms with Gasteiger partial charge in [-0.25, -0.2) is 0 Å². The van der Waals surface area contributed by atoms with Crippen molar-refractivity contribution in [3.8, 4) is 0 Å². The van der Waals surface area contributed by atoms with Crippen LogP contribution in [0.4, 0.5) is 0 Å². The third-order valence-corrected chi connectivity index (χ3v) is 4.23. The van der Waals surface area contributed by atoms with E-state index >= 15 is 0 Å². The van der Waals surface area contributed by atoms with Crippen molar-refractivity contribution in [3.05, 3.63) is 0 Å². The Balaban J connectivity index is 2.68. The molecule has 2 atom stereocenters. The average molecular weight is 297 g/mol. The van der Waals surface area contributed by atoms with Crippen LogP contribution in [-0.4, -0.2) is 36.0 Å². The Hall–Kier alpha value is -1.06. The first kappa shape index (κ1) is 18.0. The second kappa shape index (κ2) is 9.06. The Morgan fingerprint density at radius 3 is 2.48 bits per heavy atom. The van der Waals surface area contributed by atoms with Crippen molar-refractivity contribution in [2.45, 2.75) is 72.3 Å². The van der Waals surface area contributed by atoms with Crippen molar-refractivity contribution in [3.63, 3.8) is 0 Å². The fourth-order valence-corrected chi connectivity index (χ4v) is 3.15. The van der Waals surface area contributed by atoms with Gasteiger partial charge >= 0.3 is 5.97 Å². The monoisotopic (exact) mass is 297 g/mol. The minimum atomic E-state index is -0.205. The van der Waals surface area contributed by atoms with E-state index in [0.717, 1.165) is 6.42 Å². The number of ether oxygens (including phenoxy) is 1. The van der Waals surface area contributed by atoms with Gasteiger partial charge in [0, 0.05) is 19.0 Å². The Bertz CT molecular complexity index is 341. The van der Waals surface area contributed by atoms with Gasteiger partial charge in [0.15, 0.2) is 0 Å². The summed E-state index contributed by atoms with van der Waals surface area (Å²) in [5.74, 6) is 0.856. The van der Waals surface area contributed by atoms with E-state index < -0.39 is 0 Å². The highest BCUT2D eigenvalue weighted by atomic mass is 16.5. The highest BCUT2D eigenvalue weighted by Gasteiger charge is 2.30. The van der Waals surface area contributed by atoms with Crippen LogP contribution in [0.1, 0.15) is 66.2 Å². The van der Waals surface area contributed by atoms with Crippen molar-refractivity contribution < 1.29 is 14.3 Å². The summed E-state index contributed by atoms with van der Waals surface area (Å²) >= 11 is 0. The molecule has 1 saturated carbocycles. The quantitative estimate of drug-likeness (QED) is 0.677. The fraction of sp³-hybridized carbons (Fsp3) is 0.882. The van der Waals surface area contributed by atoms with Crippen LogP contribution in [0.3, 0.4) is 0 Å². The zero-order valence-corrected chi connectivity index (χ0v) is 14.1. The number of esters is 1. The molecule has 0 radical (unpaired) electrons. The van der Waals surface area contributed by atoms with Crippen LogP contribution in [0.25, 0.3) is 0 Å². The molecule has 0 heterocycles. The first-order valence-corrected chi connectivity index (χ1v) is 8.40. The lowest BCUT2D eigenvalue weighted by Gasteiger charge is -2.39. The minimum absolute atomic E-state index is 0.188. The largest absolute Gasteiger partial charge is 0.466 e. The summed E-state index contributed by atoms with van der Waals surface area (Å²) in [7, 11) is 0. The van der Waals surface area contributed by atoms with Gasteiger partial charge in [0.25, 0.3) is 0 Å². The summed E-state index contributed by atoms with van der Waals surface area (Å²) in [5.41, 5.74) is 0. The topological polar surface area (TPSA) is 46.6 Å². The highest BCUT2D eigenvalue weighted by molar-refractivity contribution is 5.78. The van der Waals surface area contributed by atoms with Crippen LogP contribution in [0.2, 0.25) is 0 Å². The molecule has 0 aromatic heterocycles. The maximum absolute atomic E-state index is 12.5. The normalized spacial score (nSPS) is 22.1. The first-order valence-electron chi connectivity index (χ1n) is 8.40. The van der Waals surface area contributed by atoms with Gasteiger partial charge in [0.2, 0.25) is 5.91 Å². The van der Waals surface area contributed by atoms with Crippen molar-refractivity contribution >= 4 is 11.9 Å². The summed E-state index contributed by atoms with van der Waals surface area (Å²) in [4.78, 5) is 26.1. The lowest BCUT2D eigenvalue weighted by atomic mass is 9.84. The van der Waals surface area contributed by atoms with Gasteiger partial charge < -0.3 is 9.64 Å². The molecule has 0 spiro atoms. The van der Waals surface area contributed by atoms with Gasteiger partial charge in [-0.15, -0.1) is 0 Å². The molecule has 1 fully saturated rings. The van der Waals surface area contributed by atoms with Crippen LogP contribution < -0.4 is 0 Å². The zero-order valence-electron chi connectivity index (χ0n) is 14.1. The Kier molecular flexibility index (Phi) is 7.76. The predicted molar refractivity (Wildman–Crippen MR) is 83.8 cm³/mol. The minimum Gasteiger partial charge on any atom is -0.466 e. The predicted octanol–water partition coefficient (Wildman–Crippen LogP) is 3.39. The molecule has 0 aromatic rings. The van der Waals surface area contributed by atoms with Crippen molar-refractivity contribution in [1.82, 2.24) is 4.90 Å². The molecule has 1 aliphatic carbocycles. The van der Waals surface area contributed by atoms with E-state index in [1.54, 1.807) is 0 Å². The highest BCUT2D eigenvalue weighted by Crippen LogP contribution is 2.29. The standard InChI is InChI=1S/C17H31NO3/c1-5-21-17(20)10-11-18(16(19)12-13(2)3)15-9-7-6-8-14(15)4/h13-15H,5-12H2,1-4H3. The Labute approximate surface area is 129 Å². The number of nitrogens with zero attached hydrogens (tertiary/aromatic N) is 1. The maximum atomic E-state index is 12.5. The summed E-state index contributed by atoms with van der Waals surface area (Å²) in [5, 5.41) is 0. The molecule has 1 rings (SSSR count). The van der Waals surface area contributed by atoms with Crippen molar-refractivity contribution in [1.29, 1.82) is 0 Å². The van der Waals surface area contributed by atoms with E-state index in [-0.39, 0.29) is 11.9 Å². The smallest absolute Gasteiger partial charge is 0.307 e. The molecular formula is C17H31NO3. The number of rotatable bonds is 7. The number of carbonyl (C=O) groups excluding carboxylic acids is 2. The second-order valence-corrected chi connectivity index (χ2v) is 6.57. The Morgan fingerprint density at radius 1 is 1.24 bits per heavy atom. The van der Waals surface area contributed by atoms with Crippen LogP contribution in [0.15, 0.2) is 0 Å². The van der Waals surface area contributed by atoms with Crippen LogP contribution >= 0.6 is 0 Å².